The number of aryl methyl sites for hydroxylation is 1. The van der Waals surface area contributed by atoms with Gasteiger partial charge in [-0.2, -0.15) is 0 Å². The first-order chi connectivity index (χ1) is 9.96. The van der Waals surface area contributed by atoms with Crippen molar-refractivity contribution in [1.29, 1.82) is 0 Å². The molecule has 2 atom stereocenters. The van der Waals surface area contributed by atoms with Gasteiger partial charge in [-0.3, -0.25) is 0 Å². The molecule has 0 spiro atoms. The van der Waals surface area contributed by atoms with E-state index in [-0.39, 0.29) is 0 Å². The number of rotatable bonds is 3. The third-order valence-corrected chi connectivity index (χ3v) is 6.86. The van der Waals surface area contributed by atoms with Crippen molar-refractivity contribution in [2.24, 2.45) is 5.92 Å². The highest BCUT2D eigenvalue weighted by Gasteiger charge is 2.30. The molecule has 0 amide bonds. The normalized spacial score (nSPS) is 28.5. The minimum Gasteiger partial charge on any atom is -0.310 e. The summed E-state index contributed by atoms with van der Waals surface area (Å²) in [6.07, 6.45) is 2.79. The minimum atomic E-state index is -2.74. The fourth-order valence-corrected chi connectivity index (χ4v) is 5.51. The quantitative estimate of drug-likeness (QED) is 0.934. The van der Waals surface area contributed by atoms with E-state index in [1.54, 1.807) is 0 Å². The third kappa shape index (κ3) is 3.16. The van der Waals surface area contributed by atoms with Crippen LogP contribution in [0.25, 0.3) is 0 Å². The maximum Gasteiger partial charge on any atom is 0.150 e. The molecule has 0 bridgehead atoms. The highest BCUT2D eigenvalue weighted by molar-refractivity contribution is 7.91. The van der Waals surface area contributed by atoms with Gasteiger partial charge in [0.05, 0.1) is 11.5 Å². The Bertz CT molecular complexity index is 610. The van der Waals surface area contributed by atoms with Crippen molar-refractivity contribution in [3.8, 4) is 0 Å². The van der Waals surface area contributed by atoms with Crippen molar-refractivity contribution in [2.75, 3.05) is 18.1 Å². The highest BCUT2D eigenvalue weighted by atomic mass is 32.2. The molecule has 1 aromatic rings. The lowest BCUT2D eigenvalue weighted by atomic mass is 9.98. The molecule has 1 aliphatic carbocycles. The van der Waals surface area contributed by atoms with Crippen molar-refractivity contribution in [2.45, 2.75) is 45.1 Å². The van der Waals surface area contributed by atoms with E-state index in [0.29, 0.717) is 29.4 Å². The van der Waals surface area contributed by atoms with Gasteiger partial charge < -0.3 is 5.32 Å². The molecule has 2 unspecified atom stereocenters. The molecule has 1 saturated heterocycles. The Kier molecular flexibility index (Phi) is 4.10. The molecule has 3 nitrogen and oxygen atoms in total. The van der Waals surface area contributed by atoms with Gasteiger partial charge in [-0.05, 0) is 61.3 Å². The van der Waals surface area contributed by atoms with Gasteiger partial charge in [0, 0.05) is 6.04 Å². The SMILES string of the molecule is Cc1cccc2c1C(C)CC2NCC1CCS(=O)(=O)CC1. The lowest BCUT2D eigenvalue weighted by Gasteiger charge is -2.24. The van der Waals surface area contributed by atoms with Crippen LogP contribution in [0, 0.1) is 12.8 Å². The number of benzene rings is 1. The molecule has 21 heavy (non-hydrogen) atoms. The molecule has 1 fully saturated rings. The van der Waals surface area contributed by atoms with Crippen LogP contribution in [0.2, 0.25) is 0 Å². The molecule has 1 aliphatic heterocycles. The topological polar surface area (TPSA) is 46.2 Å². The Morgan fingerprint density at radius 3 is 2.67 bits per heavy atom. The van der Waals surface area contributed by atoms with Crippen molar-refractivity contribution >= 4 is 9.84 Å². The van der Waals surface area contributed by atoms with Crippen molar-refractivity contribution in [3.63, 3.8) is 0 Å². The number of sulfone groups is 1. The lowest BCUT2D eigenvalue weighted by Crippen LogP contribution is -2.32. The van der Waals surface area contributed by atoms with Crippen LogP contribution in [-0.2, 0) is 9.84 Å². The van der Waals surface area contributed by atoms with Gasteiger partial charge in [0.1, 0.15) is 9.84 Å². The van der Waals surface area contributed by atoms with E-state index in [4.69, 9.17) is 0 Å². The van der Waals surface area contributed by atoms with Gasteiger partial charge in [-0.1, -0.05) is 25.1 Å². The number of hydrogen-bond acceptors (Lipinski definition) is 3. The lowest BCUT2D eigenvalue weighted by molar-refractivity contribution is 0.395. The maximum absolute atomic E-state index is 11.5. The molecule has 4 heteroatoms. The first kappa shape index (κ1) is 15.0. The van der Waals surface area contributed by atoms with Crippen molar-refractivity contribution < 1.29 is 8.42 Å². The molecular formula is C17H25NO2S. The Labute approximate surface area is 128 Å². The zero-order valence-electron chi connectivity index (χ0n) is 12.9. The van der Waals surface area contributed by atoms with Crippen LogP contribution in [0.3, 0.4) is 0 Å². The summed E-state index contributed by atoms with van der Waals surface area (Å²) in [5.74, 6) is 1.87. The second kappa shape index (κ2) is 5.73. The van der Waals surface area contributed by atoms with Crippen molar-refractivity contribution in [1.82, 2.24) is 5.32 Å². The first-order valence-corrected chi connectivity index (χ1v) is 9.81. The summed E-state index contributed by atoms with van der Waals surface area (Å²) in [5.41, 5.74) is 4.36. The minimum absolute atomic E-state index is 0.371. The second-order valence-electron chi connectivity index (χ2n) is 6.77. The van der Waals surface area contributed by atoms with E-state index >= 15 is 0 Å². The largest absolute Gasteiger partial charge is 0.310 e. The first-order valence-electron chi connectivity index (χ1n) is 7.99. The Balaban J connectivity index is 1.62. The van der Waals surface area contributed by atoms with Crippen molar-refractivity contribution in [3.05, 3.63) is 34.9 Å². The highest BCUT2D eigenvalue weighted by Crippen LogP contribution is 2.41. The number of nitrogens with one attached hydrogen (secondary N) is 1. The van der Waals surface area contributed by atoms with Gasteiger partial charge in [-0.25, -0.2) is 8.42 Å². The van der Waals surface area contributed by atoms with E-state index in [2.05, 4.69) is 37.4 Å². The summed E-state index contributed by atoms with van der Waals surface area (Å²) < 4.78 is 23.0. The van der Waals surface area contributed by atoms with E-state index < -0.39 is 9.84 Å². The van der Waals surface area contributed by atoms with E-state index in [0.717, 1.165) is 25.8 Å². The standard InChI is InChI=1S/C17H25NO2S/c1-12-4-3-5-15-16(10-13(2)17(12)15)18-11-14-6-8-21(19,20)9-7-14/h3-5,13-14,16,18H,6-11H2,1-2H3. The average Bonchev–Trinajstić information content (AvgIpc) is 2.76. The molecule has 0 aromatic heterocycles. The summed E-state index contributed by atoms with van der Waals surface area (Å²) in [7, 11) is -2.74. The van der Waals surface area contributed by atoms with Gasteiger partial charge in [-0.15, -0.1) is 0 Å². The van der Waals surface area contributed by atoms with E-state index in [9.17, 15) is 8.42 Å². The maximum atomic E-state index is 11.5. The van der Waals surface area contributed by atoms with Crippen LogP contribution in [0.4, 0.5) is 0 Å². The predicted molar refractivity (Wildman–Crippen MR) is 86.3 cm³/mol. The van der Waals surface area contributed by atoms with Gasteiger partial charge >= 0.3 is 0 Å². The smallest absolute Gasteiger partial charge is 0.150 e. The molecule has 0 radical (unpaired) electrons. The molecule has 116 valence electrons. The summed E-state index contributed by atoms with van der Waals surface area (Å²) in [4.78, 5) is 0. The molecule has 1 aromatic carbocycles. The number of hydrogen-bond donors (Lipinski definition) is 1. The zero-order valence-corrected chi connectivity index (χ0v) is 13.7. The summed E-state index contributed by atoms with van der Waals surface area (Å²) in [5, 5.41) is 3.70. The monoisotopic (exact) mass is 307 g/mol. The molecule has 0 saturated carbocycles. The van der Waals surface area contributed by atoms with Crippen LogP contribution < -0.4 is 5.32 Å². The molecule has 1 N–H and O–H groups in total. The summed E-state index contributed by atoms with van der Waals surface area (Å²) in [6.45, 7) is 5.45. The van der Waals surface area contributed by atoms with Crippen LogP contribution in [0.5, 0.6) is 0 Å². The molecule has 2 aliphatic rings. The Morgan fingerprint density at radius 1 is 1.24 bits per heavy atom. The average molecular weight is 307 g/mol. The third-order valence-electron chi connectivity index (χ3n) is 5.14. The fraction of sp³-hybridized carbons (Fsp3) is 0.647. The second-order valence-corrected chi connectivity index (χ2v) is 9.07. The summed E-state index contributed by atoms with van der Waals surface area (Å²) >= 11 is 0. The van der Waals surface area contributed by atoms with Crippen LogP contribution in [0.1, 0.15) is 54.8 Å². The van der Waals surface area contributed by atoms with Crippen LogP contribution in [-0.4, -0.2) is 26.5 Å². The Hall–Kier alpha value is -0.870. The van der Waals surface area contributed by atoms with Gasteiger partial charge in [0.2, 0.25) is 0 Å². The molecule has 3 rings (SSSR count). The zero-order chi connectivity index (χ0) is 15.0. The molecule has 1 heterocycles. The Morgan fingerprint density at radius 2 is 1.95 bits per heavy atom. The number of fused-ring (bicyclic) bond motifs is 1. The van der Waals surface area contributed by atoms with Crippen LogP contribution in [0.15, 0.2) is 18.2 Å². The molecular weight excluding hydrogens is 282 g/mol. The van der Waals surface area contributed by atoms with Gasteiger partial charge in [0.15, 0.2) is 0 Å². The summed E-state index contributed by atoms with van der Waals surface area (Å²) in [6, 6.07) is 7.03. The van der Waals surface area contributed by atoms with Crippen LogP contribution >= 0.6 is 0 Å². The fourth-order valence-electron chi connectivity index (χ4n) is 3.92. The predicted octanol–water partition coefficient (Wildman–Crippen LogP) is 2.96. The van der Waals surface area contributed by atoms with E-state index in [1.807, 2.05) is 0 Å². The van der Waals surface area contributed by atoms with E-state index in [1.165, 1.54) is 16.7 Å². The van der Waals surface area contributed by atoms with Gasteiger partial charge in [0.25, 0.3) is 0 Å².